The molecule has 0 fully saturated rings. The van der Waals surface area contributed by atoms with Gasteiger partial charge in [-0.3, -0.25) is 14.6 Å². The van der Waals surface area contributed by atoms with E-state index >= 15 is 0 Å². The molecule has 0 aliphatic carbocycles. The summed E-state index contributed by atoms with van der Waals surface area (Å²) in [6.45, 7) is 3.72. The van der Waals surface area contributed by atoms with Crippen LogP contribution in [0.1, 0.15) is 19.4 Å². The summed E-state index contributed by atoms with van der Waals surface area (Å²) in [6.07, 6.45) is 0.932. The smallest absolute Gasteiger partial charge is 0.325 e. The van der Waals surface area contributed by atoms with E-state index in [0.29, 0.717) is 5.69 Å². The van der Waals surface area contributed by atoms with Crippen LogP contribution in [0.15, 0.2) is 38.9 Å². The largest absolute Gasteiger partial charge is 0.342 e. The van der Waals surface area contributed by atoms with E-state index in [-0.39, 0.29) is 10.9 Å². The molecule has 0 saturated carbocycles. The zero-order valence-corrected chi connectivity index (χ0v) is 13.0. The first-order valence-corrected chi connectivity index (χ1v) is 7.63. The Morgan fingerprint density at radius 2 is 2.00 bits per heavy atom. The first-order valence-electron chi connectivity index (χ1n) is 6.75. The van der Waals surface area contributed by atoms with E-state index in [0.717, 1.165) is 18.2 Å². The Balaban J connectivity index is 2.02. The van der Waals surface area contributed by atoms with Gasteiger partial charge in [-0.1, -0.05) is 30.8 Å². The van der Waals surface area contributed by atoms with Crippen LogP contribution < -0.4 is 16.6 Å². The van der Waals surface area contributed by atoms with Crippen molar-refractivity contribution in [2.24, 2.45) is 0 Å². The first kappa shape index (κ1) is 16.0. The molecule has 2 rings (SSSR count). The fourth-order valence-electron chi connectivity index (χ4n) is 1.71. The number of aryl methyl sites for hydroxylation is 1. The van der Waals surface area contributed by atoms with Gasteiger partial charge in [0.1, 0.15) is 0 Å². The van der Waals surface area contributed by atoms with E-state index in [1.165, 1.54) is 5.56 Å². The molecule has 22 heavy (non-hydrogen) atoms. The molecule has 1 atom stereocenters. The quantitative estimate of drug-likeness (QED) is 0.716. The molecule has 0 aliphatic rings. The Morgan fingerprint density at radius 1 is 1.32 bits per heavy atom. The zero-order chi connectivity index (χ0) is 16.1. The predicted octanol–water partition coefficient (Wildman–Crippen LogP) is 1.14. The first-order chi connectivity index (χ1) is 10.5. The zero-order valence-electron chi connectivity index (χ0n) is 12.2. The highest BCUT2D eigenvalue weighted by atomic mass is 32.2. The van der Waals surface area contributed by atoms with Crippen LogP contribution >= 0.6 is 11.8 Å². The Morgan fingerprint density at radius 3 is 2.59 bits per heavy atom. The average Bonchev–Trinajstić information content (AvgIpc) is 2.50. The number of hydrogen-bond acceptors (Lipinski definition) is 5. The molecule has 3 N–H and O–H groups in total. The highest BCUT2D eigenvalue weighted by Gasteiger charge is 2.17. The minimum absolute atomic E-state index is 0.0450. The molecule has 0 aliphatic heterocycles. The molecule has 1 aromatic heterocycles. The standard InChI is InChI=1S/C14H16N4O3S/c1-3-9-4-6-10(7-5-9)15-11(19)8(2)22-13-12(20)16-14(21)18-17-13/h4-8H,3H2,1-2H3,(H,15,19)(H2,16,18,20,21). The van der Waals surface area contributed by atoms with Crippen molar-refractivity contribution in [3.8, 4) is 0 Å². The Labute approximate surface area is 130 Å². The lowest BCUT2D eigenvalue weighted by atomic mass is 10.1. The van der Waals surface area contributed by atoms with Crippen molar-refractivity contribution < 1.29 is 4.79 Å². The number of H-pyrrole nitrogens is 2. The molecule has 1 amide bonds. The maximum Gasteiger partial charge on any atom is 0.342 e. The summed E-state index contributed by atoms with van der Waals surface area (Å²) in [4.78, 5) is 36.6. The predicted molar refractivity (Wildman–Crippen MR) is 85.2 cm³/mol. The van der Waals surface area contributed by atoms with E-state index in [1.54, 1.807) is 6.92 Å². The monoisotopic (exact) mass is 320 g/mol. The van der Waals surface area contributed by atoms with Crippen molar-refractivity contribution in [3.05, 3.63) is 50.7 Å². The highest BCUT2D eigenvalue weighted by molar-refractivity contribution is 8.00. The summed E-state index contributed by atoms with van der Waals surface area (Å²) < 4.78 is 0. The number of benzene rings is 1. The van der Waals surface area contributed by atoms with Gasteiger partial charge in [-0.2, -0.15) is 5.10 Å². The fourth-order valence-corrected chi connectivity index (χ4v) is 2.46. The van der Waals surface area contributed by atoms with Crippen LogP contribution in [-0.2, 0) is 11.2 Å². The summed E-state index contributed by atoms with van der Waals surface area (Å²) in [6, 6.07) is 7.56. The summed E-state index contributed by atoms with van der Waals surface area (Å²) in [7, 11) is 0. The number of rotatable bonds is 5. The lowest BCUT2D eigenvalue weighted by molar-refractivity contribution is -0.115. The maximum atomic E-state index is 12.1. The van der Waals surface area contributed by atoms with Crippen LogP contribution in [0.3, 0.4) is 0 Å². The number of carbonyl (C=O) groups excluding carboxylic acids is 1. The number of aromatic amines is 2. The van der Waals surface area contributed by atoms with Gasteiger partial charge in [0, 0.05) is 5.69 Å². The van der Waals surface area contributed by atoms with E-state index < -0.39 is 16.5 Å². The third-order valence-electron chi connectivity index (χ3n) is 2.97. The van der Waals surface area contributed by atoms with Crippen molar-refractivity contribution in [1.29, 1.82) is 0 Å². The third kappa shape index (κ3) is 4.08. The molecule has 0 radical (unpaired) electrons. The molecule has 1 heterocycles. The molecule has 0 bridgehead atoms. The molecule has 8 heteroatoms. The summed E-state index contributed by atoms with van der Waals surface area (Å²) in [5.41, 5.74) is 0.588. The average molecular weight is 320 g/mol. The lowest BCUT2D eigenvalue weighted by Crippen LogP contribution is -2.28. The van der Waals surface area contributed by atoms with Gasteiger partial charge < -0.3 is 5.32 Å². The second kappa shape index (κ2) is 7.08. The molecule has 2 aromatic rings. The van der Waals surface area contributed by atoms with Gasteiger partial charge in [0.15, 0.2) is 5.03 Å². The van der Waals surface area contributed by atoms with Crippen LogP contribution in [-0.4, -0.2) is 26.3 Å². The second-order valence-electron chi connectivity index (χ2n) is 4.61. The molecule has 116 valence electrons. The van der Waals surface area contributed by atoms with Gasteiger partial charge in [-0.15, -0.1) is 0 Å². The molecule has 7 nitrogen and oxygen atoms in total. The van der Waals surface area contributed by atoms with Crippen molar-refractivity contribution in [3.63, 3.8) is 0 Å². The molecule has 0 saturated heterocycles. The van der Waals surface area contributed by atoms with Crippen LogP contribution in [0.5, 0.6) is 0 Å². The number of hydrogen-bond donors (Lipinski definition) is 3. The van der Waals surface area contributed by atoms with Gasteiger partial charge in [0.25, 0.3) is 5.56 Å². The van der Waals surface area contributed by atoms with Crippen molar-refractivity contribution in [1.82, 2.24) is 15.2 Å². The molecule has 0 spiro atoms. The number of nitrogens with one attached hydrogen (secondary N) is 3. The van der Waals surface area contributed by atoms with E-state index in [9.17, 15) is 14.4 Å². The van der Waals surface area contributed by atoms with Crippen LogP contribution in [0, 0.1) is 0 Å². The normalized spacial score (nSPS) is 11.9. The van der Waals surface area contributed by atoms with Crippen molar-refractivity contribution in [2.45, 2.75) is 30.5 Å². The number of aromatic nitrogens is 3. The van der Waals surface area contributed by atoms with E-state index in [2.05, 4.69) is 27.4 Å². The van der Waals surface area contributed by atoms with Crippen molar-refractivity contribution in [2.75, 3.05) is 5.32 Å². The molecular formula is C14H16N4O3S. The SMILES string of the molecule is CCc1ccc(NC(=O)C(C)Sc2n[nH]c(=O)[nH]c2=O)cc1. The lowest BCUT2D eigenvalue weighted by Gasteiger charge is -2.11. The van der Waals surface area contributed by atoms with Crippen LogP contribution in [0.25, 0.3) is 0 Å². The van der Waals surface area contributed by atoms with E-state index in [1.807, 2.05) is 24.3 Å². The molecule has 1 unspecified atom stereocenters. The second-order valence-corrected chi connectivity index (χ2v) is 5.94. The Kier molecular flexibility index (Phi) is 5.16. The van der Waals surface area contributed by atoms with Crippen molar-refractivity contribution >= 4 is 23.4 Å². The maximum absolute atomic E-state index is 12.1. The third-order valence-corrected chi connectivity index (χ3v) is 4.04. The van der Waals surface area contributed by atoms with Crippen LogP contribution in [0.4, 0.5) is 5.69 Å². The summed E-state index contributed by atoms with van der Waals surface area (Å²) in [5.74, 6) is -0.248. The number of nitrogens with zero attached hydrogens (tertiary/aromatic N) is 1. The Hall–Kier alpha value is -2.35. The number of amides is 1. The number of carbonyl (C=O) groups is 1. The van der Waals surface area contributed by atoms with Gasteiger partial charge in [0.05, 0.1) is 5.25 Å². The minimum Gasteiger partial charge on any atom is -0.325 e. The topological polar surface area (TPSA) is 108 Å². The van der Waals surface area contributed by atoms with Gasteiger partial charge in [0.2, 0.25) is 5.91 Å². The summed E-state index contributed by atoms with van der Waals surface area (Å²) >= 11 is 0.977. The number of thioether (sulfide) groups is 1. The van der Waals surface area contributed by atoms with Gasteiger partial charge >= 0.3 is 5.69 Å². The summed E-state index contributed by atoms with van der Waals surface area (Å²) in [5, 5.41) is 8.05. The molecule has 1 aromatic carbocycles. The van der Waals surface area contributed by atoms with Gasteiger partial charge in [-0.05, 0) is 31.0 Å². The minimum atomic E-state index is -0.678. The number of anilines is 1. The Bertz CT molecular complexity index is 767. The van der Waals surface area contributed by atoms with Gasteiger partial charge in [-0.25, -0.2) is 9.89 Å². The van der Waals surface area contributed by atoms with E-state index in [4.69, 9.17) is 0 Å². The van der Waals surface area contributed by atoms with Crippen LogP contribution in [0.2, 0.25) is 0 Å². The molecular weight excluding hydrogens is 304 g/mol. The highest BCUT2D eigenvalue weighted by Crippen LogP contribution is 2.19. The fraction of sp³-hybridized carbons (Fsp3) is 0.286.